The minimum absolute atomic E-state index is 0.0214. The standard InChI is InChI=1S/C37H65F2O5PSi2/c1-12-45(41,42)23-16-14-13-15-20-32-33(35(27-34(32)40)44-47(10,11)37(5,6)7)22-21-31(43-46(8,9)36(2,3)4)19-17-18-28-24-29(38)26-30(39)25-28/h13,15,24-26,31-33,35H,12,14,16-23,27H2,1-11H3,(H,41,42)/b15-13-/t31-,32+,33+,35+/m0/s1. The summed E-state index contributed by atoms with van der Waals surface area (Å²) >= 11 is 0. The Bertz CT molecular complexity index is 1220. The topological polar surface area (TPSA) is 72.8 Å². The van der Waals surface area contributed by atoms with Crippen LogP contribution in [0, 0.1) is 23.5 Å². The van der Waals surface area contributed by atoms with Gasteiger partial charge in [-0.3, -0.25) is 9.36 Å². The Balaban J connectivity index is 2.25. The summed E-state index contributed by atoms with van der Waals surface area (Å²) in [5, 5.41) is 0.0516. The van der Waals surface area contributed by atoms with E-state index in [0.717, 1.165) is 38.2 Å². The van der Waals surface area contributed by atoms with E-state index in [0.29, 0.717) is 43.6 Å². The maximum absolute atomic E-state index is 13.8. The van der Waals surface area contributed by atoms with Crippen LogP contribution in [0.25, 0.3) is 0 Å². The Labute approximate surface area is 287 Å². The summed E-state index contributed by atoms with van der Waals surface area (Å²) < 4.78 is 53.6. The van der Waals surface area contributed by atoms with Gasteiger partial charge in [0.05, 0.1) is 6.10 Å². The van der Waals surface area contributed by atoms with Crippen LogP contribution in [-0.2, 0) is 24.6 Å². The lowest BCUT2D eigenvalue weighted by Crippen LogP contribution is -2.45. The number of carbonyl (C=O) groups excluding carboxylic acids is 1. The minimum Gasteiger partial charge on any atom is -0.414 e. The lowest BCUT2D eigenvalue weighted by molar-refractivity contribution is -0.121. The number of unbranched alkanes of at least 4 members (excludes halogenated alkanes) is 1. The van der Waals surface area contributed by atoms with Gasteiger partial charge in [-0.1, -0.05) is 60.6 Å². The number of rotatable bonds is 18. The normalized spacial score (nSPS) is 21.8. The molecule has 1 unspecified atom stereocenters. The predicted molar refractivity (Wildman–Crippen MR) is 197 cm³/mol. The van der Waals surface area contributed by atoms with E-state index < -0.39 is 35.6 Å². The van der Waals surface area contributed by atoms with Crippen molar-refractivity contribution in [1.82, 2.24) is 0 Å². The van der Waals surface area contributed by atoms with E-state index in [4.69, 9.17) is 8.85 Å². The van der Waals surface area contributed by atoms with E-state index >= 15 is 0 Å². The molecule has 0 saturated heterocycles. The van der Waals surface area contributed by atoms with Gasteiger partial charge >= 0.3 is 0 Å². The second-order valence-corrected chi connectivity index (χ2v) is 29.1. The Kier molecular flexibility index (Phi) is 15.5. The maximum Gasteiger partial charge on any atom is 0.200 e. The molecule has 5 atom stereocenters. The van der Waals surface area contributed by atoms with Crippen molar-refractivity contribution in [2.45, 2.75) is 155 Å². The van der Waals surface area contributed by atoms with Crippen LogP contribution in [0.3, 0.4) is 0 Å². The van der Waals surface area contributed by atoms with Crippen molar-refractivity contribution in [3.63, 3.8) is 0 Å². The average molecular weight is 715 g/mol. The minimum atomic E-state index is -3.02. The van der Waals surface area contributed by atoms with Gasteiger partial charge in [0.1, 0.15) is 17.4 Å². The molecule has 5 nitrogen and oxygen atoms in total. The fourth-order valence-electron chi connectivity index (χ4n) is 5.87. The molecule has 0 heterocycles. The molecule has 1 N–H and O–H groups in total. The summed E-state index contributed by atoms with van der Waals surface area (Å²) in [6, 6.07) is 3.72. The van der Waals surface area contributed by atoms with Crippen molar-refractivity contribution in [1.29, 1.82) is 0 Å². The smallest absolute Gasteiger partial charge is 0.200 e. The molecule has 1 aromatic rings. The van der Waals surface area contributed by atoms with Crippen molar-refractivity contribution in [3.8, 4) is 0 Å². The average Bonchev–Trinajstić information content (AvgIpc) is 3.19. The second-order valence-electron chi connectivity index (χ2n) is 16.8. The van der Waals surface area contributed by atoms with Crippen molar-refractivity contribution >= 4 is 29.8 Å². The first-order chi connectivity index (χ1) is 21.5. The monoisotopic (exact) mass is 714 g/mol. The van der Waals surface area contributed by atoms with E-state index in [1.807, 2.05) is 0 Å². The quantitative estimate of drug-likeness (QED) is 0.0709. The van der Waals surface area contributed by atoms with Crippen LogP contribution >= 0.6 is 7.37 Å². The third kappa shape index (κ3) is 13.4. The summed E-state index contributed by atoms with van der Waals surface area (Å²) in [6.45, 7) is 24.1. The number of Topliss-reactive ketones (excluding diaryl/α,β-unsaturated/α-hetero) is 1. The molecule has 47 heavy (non-hydrogen) atoms. The summed E-state index contributed by atoms with van der Waals surface area (Å²) in [7, 11) is -7.27. The molecule has 1 aliphatic carbocycles. The van der Waals surface area contributed by atoms with Gasteiger partial charge in [-0.05, 0) is 111 Å². The highest BCUT2D eigenvalue weighted by molar-refractivity contribution is 7.57. The van der Waals surface area contributed by atoms with Crippen molar-refractivity contribution in [2.75, 3.05) is 12.3 Å². The summed E-state index contributed by atoms with van der Waals surface area (Å²) in [5.74, 6) is -0.917. The highest BCUT2D eigenvalue weighted by Crippen LogP contribution is 2.45. The lowest BCUT2D eigenvalue weighted by atomic mass is 9.86. The zero-order valence-corrected chi connectivity index (χ0v) is 34.2. The van der Waals surface area contributed by atoms with Crippen LogP contribution < -0.4 is 0 Å². The van der Waals surface area contributed by atoms with Gasteiger partial charge in [0.2, 0.25) is 0 Å². The molecule has 0 spiro atoms. The molecule has 1 fully saturated rings. The molecule has 270 valence electrons. The van der Waals surface area contributed by atoms with E-state index in [9.17, 15) is 23.0 Å². The Hall–Kier alpha value is -0.966. The number of carbonyl (C=O) groups is 1. The lowest BCUT2D eigenvalue weighted by Gasteiger charge is -2.41. The molecular weight excluding hydrogens is 650 g/mol. The zero-order chi connectivity index (χ0) is 35.8. The third-order valence-corrected chi connectivity index (χ3v) is 22.0. The predicted octanol–water partition coefficient (Wildman–Crippen LogP) is 11.1. The molecular formula is C37H65F2O5PSi2. The second kappa shape index (κ2) is 17.3. The Morgan fingerprint density at radius 2 is 1.55 bits per heavy atom. The number of ketones is 1. The zero-order valence-electron chi connectivity index (χ0n) is 31.3. The molecule has 2 rings (SSSR count). The number of aryl methyl sites for hydroxylation is 1. The first-order valence-corrected chi connectivity index (χ1v) is 25.6. The molecule has 0 radical (unpaired) electrons. The van der Waals surface area contributed by atoms with Gasteiger partial charge in [-0.25, -0.2) is 8.78 Å². The van der Waals surface area contributed by atoms with Gasteiger partial charge < -0.3 is 13.7 Å². The number of hydrogen-bond donors (Lipinski definition) is 1. The van der Waals surface area contributed by atoms with E-state index in [1.54, 1.807) is 6.92 Å². The molecule has 10 heteroatoms. The molecule has 1 aliphatic rings. The number of benzene rings is 1. The number of allylic oxidation sites excluding steroid dienone is 2. The van der Waals surface area contributed by atoms with Gasteiger partial charge in [-0.15, -0.1) is 0 Å². The first-order valence-electron chi connectivity index (χ1n) is 17.8. The fraction of sp³-hybridized carbons (Fsp3) is 0.757. The molecule has 0 aliphatic heterocycles. The van der Waals surface area contributed by atoms with Gasteiger partial charge in [0, 0.05) is 36.8 Å². The largest absolute Gasteiger partial charge is 0.414 e. The SMILES string of the molecule is CCP(=O)(O)CCC/C=C\C[C@H]1C(=O)C[C@@H](O[Si](C)(C)C(C)(C)C)[C@@H]1CC[C@H](CCCc1cc(F)cc(F)c1)O[Si](C)(C)C(C)(C)C. The molecule has 0 bridgehead atoms. The van der Waals surface area contributed by atoms with Crippen molar-refractivity contribution < 1.29 is 31.9 Å². The van der Waals surface area contributed by atoms with Crippen LogP contribution in [0.4, 0.5) is 8.78 Å². The number of hydrogen-bond acceptors (Lipinski definition) is 4. The van der Waals surface area contributed by atoms with Crippen LogP contribution in [0.15, 0.2) is 30.4 Å². The molecule has 0 aromatic heterocycles. The fourth-order valence-corrected chi connectivity index (χ4v) is 9.66. The molecule has 0 amide bonds. The van der Waals surface area contributed by atoms with E-state index in [1.165, 1.54) is 12.1 Å². The van der Waals surface area contributed by atoms with Gasteiger partial charge in [-0.2, -0.15) is 0 Å². The molecule has 1 saturated carbocycles. The van der Waals surface area contributed by atoms with Crippen LogP contribution in [0.2, 0.25) is 36.3 Å². The highest BCUT2D eigenvalue weighted by Gasteiger charge is 2.48. The van der Waals surface area contributed by atoms with Gasteiger partial charge in [0.15, 0.2) is 24.0 Å². The Morgan fingerprint density at radius 1 is 0.957 bits per heavy atom. The van der Waals surface area contributed by atoms with Crippen molar-refractivity contribution in [3.05, 3.63) is 47.5 Å². The first kappa shape index (κ1) is 42.2. The van der Waals surface area contributed by atoms with E-state index in [2.05, 4.69) is 79.9 Å². The van der Waals surface area contributed by atoms with E-state index in [-0.39, 0.29) is 39.9 Å². The Morgan fingerprint density at radius 3 is 2.11 bits per heavy atom. The van der Waals surface area contributed by atoms with Crippen molar-refractivity contribution in [2.24, 2.45) is 11.8 Å². The van der Waals surface area contributed by atoms with Gasteiger partial charge in [0.25, 0.3) is 0 Å². The number of halogens is 2. The molecule has 1 aromatic carbocycles. The summed E-state index contributed by atoms with van der Waals surface area (Å²) in [5.41, 5.74) is 0.654. The third-order valence-electron chi connectivity index (χ3n) is 11.0. The van der Waals surface area contributed by atoms with Crippen LogP contribution in [0.1, 0.15) is 105 Å². The summed E-state index contributed by atoms with van der Waals surface area (Å²) in [4.78, 5) is 23.4. The van der Waals surface area contributed by atoms with Crippen LogP contribution in [-0.4, -0.2) is 51.8 Å². The summed E-state index contributed by atoms with van der Waals surface area (Å²) in [6.07, 6.45) is 10.8. The maximum atomic E-state index is 13.8. The highest BCUT2D eigenvalue weighted by atomic mass is 31.2. The van der Waals surface area contributed by atoms with Crippen LogP contribution in [0.5, 0.6) is 0 Å².